The lowest BCUT2D eigenvalue weighted by Gasteiger charge is -2.38. The molecule has 2 aliphatic rings. The van der Waals surface area contributed by atoms with Gasteiger partial charge in [0.1, 0.15) is 5.84 Å². The summed E-state index contributed by atoms with van der Waals surface area (Å²) in [6.45, 7) is 11.2. The summed E-state index contributed by atoms with van der Waals surface area (Å²) in [4.78, 5) is 9.52. The first kappa shape index (κ1) is 9.00. The minimum Gasteiger partial charge on any atom is -0.353 e. The van der Waals surface area contributed by atoms with Crippen LogP contribution in [0.25, 0.3) is 0 Å². The molecular weight excluding hydrogens is 162 g/mol. The molecule has 13 heavy (non-hydrogen) atoms. The quantitative estimate of drug-likeness (QED) is 0.596. The summed E-state index contributed by atoms with van der Waals surface area (Å²) in [5.41, 5.74) is 0. The Bertz CT molecular complexity index is 222. The fourth-order valence-corrected chi connectivity index (χ4v) is 2.11. The lowest BCUT2D eigenvalue weighted by molar-refractivity contribution is 0.184. The Kier molecular flexibility index (Phi) is 2.28. The molecule has 0 amide bonds. The van der Waals surface area contributed by atoms with Gasteiger partial charge < -0.3 is 4.90 Å². The minimum atomic E-state index is 0.643. The van der Waals surface area contributed by atoms with E-state index in [0.717, 1.165) is 19.6 Å². The van der Waals surface area contributed by atoms with Gasteiger partial charge in [-0.1, -0.05) is 0 Å². The second-order valence-electron chi connectivity index (χ2n) is 4.36. The highest BCUT2D eigenvalue weighted by Crippen LogP contribution is 2.16. The van der Waals surface area contributed by atoms with Crippen LogP contribution >= 0.6 is 0 Å². The van der Waals surface area contributed by atoms with Gasteiger partial charge >= 0.3 is 0 Å². The molecule has 2 aliphatic heterocycles. The molecular formula is C10H19N3. The number of hydrogen-bond donors (Lipinski definition) is 0. The molecule has 0 radical (unpaired) electrons. The molecule has 0 aromatic heterocycles. The molecule has 0 N–H and O–H groups in total. The highest BCUT2D eigenvalue weighted by molar-refractivity contribution is 5.86. The van der Waals surface area contributed by atoms with Gasteiger partial charge in [-0.25, -0.2) is 0 Å². The number of nitrogens with zero attached hydrogens (tertiary/aromatic N) is 3. The molecule has 1 unspecified atom stereocenters. The average Bonchev–Trinajstić information content (AvgIpc) is 2.47. The Labute approximate surface area is 80.4 Å². The van der Waals surface area contributed by atoms with E-state index in [1.807, 2.05) is 0 Å². The summed E-state index contributed by atoms with van der Waals surface area (Å²) >= 11 is 0. The van der Waals surface area contributed by atoms with Crippen molar-refractivity contribution >= 4 is 5.84 Å². The topological polar surface area (TPSA) is 18.8 Å². The van der Waals surface area contributed by atoms with Crippen LogP contribution in [0.5, 0.6) is 0 Å². The predicted molar refractivity (Wildman–Crippen MR) is 55.2 cm³/mol. The first-order valence-corrected chi connectivity index (χ1v) is 5.22. The van der Waals surface area contributed by atoms with Gasteiger partial charge in [-0.3, -0.25) is 9.89 Å². The third-order valence-electron chi connectivity index (χ3n) is 3.10. The maximum atomic E-state index is 4.57. The van der Waals surface area contributed by atoms with E-state index in [0.29, 0.717) is 12.1 Å². The van der Waals surface area contributed by atoms with Gasteiger partial charge in [0.2, 0.25) is 0 Å². The normalized spacial score (nSPS) is 29.4. The second kappa shape index (κ2) is 3.29. The van der Waals surface area contributed by atoms with Crippen LogP contribution in [0.15, 0.2) is 4.99 Å². The summed E-state index contributed by atoms with van der Waals surface area (Å²) in [7, 11) is 0. The molecule has 0 aromatic rings. The SMILES string of the molecule is CC(C)N1CCN2C(=NCC2C)C1. The van der Waals surface area contributed by atoms with Crippen molar-refractivity contribution in [1.82, 2.24) is 9.80 Å². The Morgan fingerprint density at radius 3 is 2.85 bits per heavy atom. The summed E-state index contributed by atoms with van der Waals surface area (Å²) in [5, 5.41) is 0. The van der Waals surface area contributed by atoms with Crippen LogP contribution in [0.3, 0.4) is 0 Å². The smallest absolute Gasteiger partial charge is 0.114 e. The predicted octanol–water partition coefficient (Wildman–Crippen LogP) is 0.813. The van der Waals surface area contributed by atoms with Crippen molar-refractivity contribution in [2.45, 2.75) is 32.9 Å². The van der Waals surface area contributed by atoms with Crippen LogP contribution in [0, 0.1) is 0 Å². The van der Waals surface area contributed by atoms with Crippen LogP contribution in [0.1, 0.15) is 20.8 Å². The van der Waals surface area contributed by atoms with Gasteiger partial charge in [-0.15, -0.1) is 0 Å². The Morgan fingerprint density at radius 1 is 1.38 bits per heavy atom. The van der Waals surface area contributed by atoms with Gasteiger partial charge in [0.25, 0.3) is 0 Å². The number of hydrogen-bond acceptors (Lipinski definition) is 3. The fraction of sp³-hybridized carbons (Fsp3) is 0.900. The maximum Gasteiger partial charge on any atom is 0.114 e. The van der Waals surface area contributed by atoms with Gasteiger partial charge in [-0.2, -0.15) is 0 Å². The largest absolute Gasteiger partial charge is 0.353 e. The zero-order chi connectivity index (χ0) is 9.42. The van der Waals surface area contributed by atoms with E-state index in [-0.39, 0.29) is 0 Å². The minimum absolute atomic E-state index is 0.643. The van der Waals surface area contributed by atoms with Crippen LogP contribution in [0.2, 0.25) is 0 Å². The van der Waals surface area contributed by atoms with E-state index in [2.05, 4.69) is 35.6 Å². The highest BCUT2D eigenvalue weighted by atomic mass is 15.3. The second-order valence-corrected chi connectivity index (χ2v) is 4.36. The molecule has 2 rings (SSSR count). The number of fused-ring (bicyclic) bond motifs is 1. The first-order valence-electron chi connectivity index (χ1n) is 5.22. The standard InChI is InChI=1S/C10H19N3/c1-8(2)12-4-5-13-9(3)6-11-10(13)7-12/h8-9H,4-7H2,1-3H3. The van der Waals surface area contributed by atoms with Crippen molar-refractivity contribution in [1.29, 1.82) is 0 Å². The van der Waals surface area contributed by atoms with Crippen molar-refractivity contribution in [3.05, 3.63) is 0 Å². The number of rotatable bonds is 1. The number of amidine groups is 1. The summed E-state index contributed by atoms with van der Waals surface area (Å²) in [6.07, 6.45) is 0. The highest BCUT2D eigenvalue weighted by Gasteiger charge is 2.30. The van der Waals surface area contributed by atoms with E-state index >= 15 is 0 Å². The summed E-state index contributed by atoms with van der Waals surface area (Å²) < 4.78 is 0. The van der Waals surface area contributed by atoms with Crippen LogP contribution in [-0.4, -0.2) is 53.9 Å². The molecule has 3 heteroatoms. The Hall–Kier alpha value is -0.570. The van der Waals surface area contributed by atoms with E-state index in [9.17, 15) is 0 Å². The summed E-state index contributed by atoms with van der Waals surface area (Å²) in [6, 6.07) is 1.30. The van der Waals surface area contributed by atoms with E-state index in [4.69, 9.17) is 0 Å². The van der Waals surface area contributed by atoms with E-state index in [1.54, 1.807) is 0 Å². The Balaban J connectivity index is 2.02. The molecule has 0 bridgehead atoms. The van der Waals surface area contributed by atoms with Crippen molar-refractivity contribution in [2.75, 3.05) is 26.2 Å². The monoisotopic (exact) mass is 181 g/mol. The van der Waals surface area contributed by atoms with Gasteiger partial charge in [0.05, 0.1) is 13.1 Å². The van der Waals surface area contributed by atoms with Crippen LogP contribution in [-0.2, 0) is 0 Å². The molecule has 74 valence electrons. The molecule has 3 nitrogen and oxygen atoms in total. The number of piperazine rings is 1. The molecule has 0 aliphatic carbocycles. The average molecular weight is 181 g/mol. The molecule has 1 fully saturated rings. The molecule has 1 saturated heterocycles. The zero-order valence-corrected chi connectivity index (χ0v) is 8.82. The molecule has 1 atom stereocenters. The lowest BCUT2D eigenvalue weighted by Crippen LogP contribution is -2.52. The fourth-order valence-electron chi connectivity index (χ4n) is 2.11. The van der Waals surface area contributed by atoms with Gasteiger partial charge in [-0.05, 0) is 20.8 Å². The molecule has 0 saturated carbocycles. The van der Waals surface area contributed by atoms with Crippen molar-refractivity contribution < 1.29 is 0 Å². The van der Waals surface area contributed by atoms with E-state index in [1.165, 1.54) is 12.4 Å². The molecule has 0 spiro atoms. The zero-order valence-electron chi connectivity index (χ0n) is 8.82. The molecule has 0 aromatic carbocycles. The number of aliphatic imine (C=N–C) groups is 1. The third-order valence-corrected chi connectivity index (χ3v) is 3.10. The van der Waals surface area contributed by atoms with Gasteiger partial charge in [0, 0.05) is 25.2 Å². The van der Waals surface area contributed by atoms with Crippen molar-refractivity contribution in [3.63, 3.8) is 0 Å². The first-order chi connectivity index (χ1) is 6.18. The van der Waals surface area contributed by atoms with Crippen LogP contribution in [0.4, 0.5) is 0 Å². The van der Waals surface area contributed by atoms with Crippen molar-refractivity contribution in [2.24, 2.45) is 4.99 Å². The maximum absolute atomic E-state index is 4.57. The summed E-state index contributed by atoms with van der Waals surface area (Å²) in [5.74, 6) is 1.31. The third kappa shape index (κ3) is 1.57. The Morgan fingerprint density at radius 2 is 2.15 bits per heavy atom. The van der Waals surface area contributed by atoms with E-state index < -0.39 is 0 Å². The van der Waals surface area contributed by atoms with Crippen molar-refractivity contribution in [3.8, 4) is 0 Å². The molecule has 2 heterocycles. The van der Waals surface area contributed by atoms with Crippen LogP contribution < -0.4 is 0 Å². The van der Waals surface area contributed by atoms with Gasteiger partial charge in [0.15, 0.2) is 0 Å². The lowest BCUT2D eigenvalue weighted by atomic mass is 10.2.